The molecule has 0 bridgehead atoms. The molecule has 2 rings (SSSR count). The summed E-state index contributed by atoms with van der Waals surface area (Å²) in [6.07, 6.45) is -1.05. The fraction of sp³-hybridized carbons (Fsp3) is 0.538. The van der Waals surface area contributed by atoms with Crippen molar-refractivity contribution in [3.63, 3.8) is 0 Å². The van der Waals surface area contributed by atoms with Crippen LogP contribution >= 0.6 is 0 Å². The molecule has 0 aliphatic heterocycles. The Bertz CT molecular complexity index is 492. The normalized spacial score (nSPS) is 24.9. The predicted molar refractivity (Wildman–Crippen MR) is 70.1 cm³/mol. The Labute approximate surface area is 116 Å². The first kappa shape index (κ1) is 14.5. The van der Waals surface area contributed by atoms with Crippen molar-refractivity contribution in [2.45, 2.75) is 31.7 Å². The highest BCUT2D eigenvalue weighted by Gasteiger charge is 2.43. The lowest BCUT2D eigenvalue weighted by molar-refractivity contribution is -0.386. The molecule has 1 fully saturated rings. The molecule has 0 amide bonds. The largest absolute Gasteiger partial charge is 0.497 e. The third kappa shape index (κ3) is 2.83. The zero-order chi connectivity index (χ0) is 14.7. The molecule has 1 saturated carbocycles. The van der Waals surface area contributed by atoms with Crippen LogP contribution in [0.2, 0.25) is 0 Å². The molecule has 1 aliphatic carbocycles. The fourth-order valence-corrected chi connectivity index (χ4v) is 2.11. The van der Waals surface area contributed by atoms with Gasteiger partial charge in [-0.05, 0) is 13.0 Å². The molecule has 0 radical (unpaired) electrons. The summed E-state index contributed by atoms with van der Waals surface area (Å²) < 4.78 is 16.0. The highest BCUT2D eigenvalue weighted by atomic mass is 16.6. The number of nitro benzene ring substituents is 1. The SMILES string of the molecule is CCOC1C(O)CC1Oc1cc(OC)ccc1[N+](=O)[O-]. The number of aliphatic hydroxyl groups is 1. The Morgan fingerprint density at radius 2 is 2.25 bits per heavy atom. The lowest BCUT2D eigenvalue weighted by Gasteiger charge is -2.40. The molecule has 1 aromatic rings. The topological polar surface area (TPSA) is 91.1 Å². The highest BCUT2D eigenvalue weighted by molar-refractivity contribution is 5.50. The average Bonchev–Trinajstić information content (AvgIpc) is 2.43. The van der Waals surface area contributed by atoms with Crippen LogP contribution in [0.5, 0.6) is 11.5 Å². The first-order chi connectivity index (χ1) is 9.56. The van der Waals surface area contributed by atoms with Gasteiger partial charge in [0.1, 0.15) is 18.0 Å². The van der Waals surface area contributed by atoms with E-state index in [1.54, 1.807) is 0 Å². The molecule has 1 aliphatic rings. The molecule has 0 heterocycles. The maximum Gasteiger partial charge on any atom is 0.311 e. The minimum absolute atomic E-state index is 0.121. The third-order valence-corrected chi connectivity index (χ3v) is 3.22. The van der Waals surface area contributed by atoms with E-state index in [9.17, 15) is 15.2 Å². The van der Waals surface area contributed by atoms with Gasteiger partial charge < -0.3 is 19.3 Å². The summed E-state index contributed by atoms with van der Waals surface area (Å²) in [5.74, 6) is 0.592. The van der Waals surface area contributed by atoms with Crippen LogP contribution in [0, 0.1) is 10.1 Å². The number of nitrogens with zero attached hydrogens (tertiary/aromatic N) is 1. The summed E-state index contributed by atoms with van der Waals surface area (Å²) in [5, 5.41) is 20.6. The van der Waals surface area contributed by atoms with Crippen LogP contribution in [0.1, 0.15) is 13.3 Å². The van der Waals surface area contributed by atoms with Crippen molar-refractivity contribution in [3.05, 3.63) is 28.3 Å². The molecule has 0 saturated heterocycles. The first-order valence-electron chi connectivity index (χ1n) is 6.35. The van der Waals surface area contributed by atoms with Gasteiger partial charge in [0.05, 0.1) is 18.1 Å². The van der Waals surface area contributed by atoms with Crippen LogP contribution in [0.4, 0.5) is 5.69 Å². The average molecular weight is 283 g/mol. The third-order valence-electron chi connectivity index (χ3n) is 3.22. The Balaban J connectivity index is 2.17. The minimum Gasteiger partial charge on any atom is -0.497 e. The summed E-state index contributed by atoms with van der Waals surface area (Å²) >= 11 is 0. The summed E-state index contributed by atoms with van der Waals surface area (Å²) in [5.41, 5.74) is -0.137. The van der Waals surface area contributed by atoms with E-state index in [4.69, 9.17) is 14.2 Å². The van der Waals surface area contributed by atoms with Gasteiger partial charge in [-0.1, -0.05) is 0 Å². The van der Waals surface area contributed by atoms with E-state index in [0.717, 1.165) is 0 Å². The molecule has 1 aromatic carbocycles. The molecule has 0 spiro atoms. The van der Waals surface area contributed by atoms with Gasteiger partial charge in [0.2, 0.25) is 5.75 Å². The van der Waals surface area contributed by atoms with Crippen molar-refractivity contribution in [2.24, 2.45) is 0 Å². The molecule has 7 heteroatoms. The maximum absolute atomic E-state index is 11.0. The van der Waals surface area contributed by atoms with Gasteiger partial charge in [0.15, 0.2) is 0 Å². The lowest BCUT2D eigenvalue weighted by atomic mass is 9.88. The number of rotatable bonds is 6. The number of methoxy groups -OCH3 is 1. The van der Waals surface area contributed by atoms with Crippen LogP contribution in [-0.4, -0.2) is 42.1 Å². The molecular weight excluding hydrogens is 266 g/mol. The first-order valence-corrected chi connectivity index (χ1v) is 6.35. The van der Waals surface area contributed by atoms with Crippen molar-refractivity contribution in [1.82, 2.24) is 0 Å². The molecule has 7 nitrogen and oxygen atoms in total. The smallest absolute Gasteiger partial charge is 0.311 e. The minimum atomic E-state index is -0.593. The predicted octanol–water partition coefficient (Wildman–Crippen LogP) is 1.52. The standard InChI is InChI=1S/C13H17NO6/c1-3-19-13-10(15)7-12(13)20-11-6-8(18-2)4-5-9(11)14(16)17/h4-6,10,12-13,15H,3,7H2,1-2H3. The van der Waals surface area contributed by atoms with Crippen LogP contribution in [0.3, 0.4) is 0 Å². The second-order valence-electron chi connectivity index (χ2n) is 4.47. The summed E-state index contributed by atoms with van der Waals surface area (Å²) in [4.78, 5) is 10.5. The number of hydrogen-bond acceptors (Lipinski definition) is 6. The van der Waals surface area contributed by atoms with Gasteiger partial charge >= 0.3 is 5.69 Å². The molecule has 110 valence electrons. The highest BCUT2D eigenvalue weighted by Crippen LogP contribution is 2.36. The Morgan fingerprint density at radius 1 is 1.50 bits per heavy atom. The van der Waals surface area contributed by atoms with E-state index in [-0.39, 0.29) is 11.4 Å². The van der Waals surface area contributed by atoms with Crippen molar-refractivity contribution >= 4 is 5.69 Å². The quantitative estimate of drug-likeness (QED) is 0.628. The maximum atomic E-state index is 11.0. The molecular formula is C13H17NO6. The fourth-order valence-electron chi connectivity index (χ4n) is 2.11. The van der Waals surface area contributed by atoms with Crippen LogP contribution in [-0.2, 0) is 4.74 Å². The van der Waals surface area contributed by atoms with Crippen molar-refractivity contribution in [1.29, 1.82) is 0 Å². The van der Waals surface area contributed by atoms with Gasteiger partial charge in [0, 0.05) is 25.2 Å². The zero-order valence-corrected chi connectivity index (χ0v) is 11.3. The summed E-state index contributed by atoms with van der Waals surface area (Å²) in [7, 11) is 1.47. The Morgan fingerprint density at radius 3 is 2.80 bits per heavy atom. The van der Waals surface area contributed by atoms with Gasteiger partial charge in [-0.15, -0.1) is 0 Å². The van der Waals surface area contributed by atoms with Crippen molar-refractivity contribution in [2.75, 3.05) is 13.7 Å². The van der Waals surface area contributed by atoms with E-state index < -0.39 is 23.2 Å². The number of hydrogen-bond donors (Lipinski definition) is 1. The van der Waals surface area contributed by atoms with Crippen LogP contribution in [0.25, 0.3) is 0 Å². The molecule has 0 aromatic heterocycles. The number of benzene rings is 1. The Hall–Kier alpha value is -1.86. The Kier molecular flexibility index (Phi) is 4.41. The van der Waals surface area contributed by atoms with Gasteiger partial charge in [-0.2, -0.15) is 0 Å². The van der Waals surface area contributed by atoms with Gasteiger partial charge in [0.25, 0.3) is 0 Å². The van der Waals surface area contributed by atoms with Crippen LogP contribution < -0.4 is 9.47 Å². The van der Waals surface area contributed by atoms with E-state index in [1.807, 2.05) is 6.92 Å². The van der Waals surface area contributed by atoms with E-state index >= 15 is 0 Å². The molecule has 20 heavy (non-hydrogen) atoms. The lowest BCUT2D eigenvalue weighted by Crippen LogP contribution is -2.55. The number of aliphatic hydroxyl groups excluding tert-OH is 1. The van der Waals surface area contributed by atoms with Crippen LogP contribution in [0.15, 0.2) is 18.2 Å². The summed E-state index contributed by atoms with van der Waals surface area (Å²) in [6, 6.07) is 4.30. The van der Waals surface area contributed by atoms with Gasteiger partial charge in [-0.25, -0.2) is 0 Å². The second kappa shape index (κ2) is 6.06. The molecule has 1 N–H and O–H groups in total. The van der Waals surface area contributed by atoms with Crippen molar-refractivity contribution in [3.8, 4) is 11.5 Å². The summed E-state index contributed by atoms with van der Waals surface area (Å²) in [6.45, 7) is 2.26. The second-order valence-corrected chi connectivity index (χ2v) is 4.47. The van der Waals surface area contributed by atoms with E-state index in [1.165, 1.54) is 25.3 Å². The molecule has 3 unspecified atom stereocenters. The van der Waals surface area contributed by atoms with E-state index in [2.05, 4.69) is 0 Å². The number of ether oxygens (including phenoxy) is 3. The zero-order valence-electron chi connectivity index (χ0n) is 11.3. The molecule has 3 atom stereocenters. The monoisotopic (exact) mass is 283 g/mol. The van der Waals surface area contributed by atoms with Gasteiger partial charge in [-0.3, -0.25) is 10.1 Å². The van der Waals surface area contributed by atoms with Crippen molar-refractivity contribution < 1.29 is 24.2 Å². The number of nitro groups is 1. The van der Waals surface area contributed by atoms with E-state index in [0.29, 0.717) is 18.8 Å².